The number of rotatable bonds is 6. The van der Waals surface area contributed by atoms with Gasteiger partial charge in [-0.15, -0.1) is 0 Å². The van der Waals surface area contributed by atoms with Crippen LogP contribution in [-0.2, 0) is 17.6 Å². The molecule has 5 nitrogen and oxygen atoms in total. The number of para-hydroxylation sites is 1. The molecule has 156 valence electrons. The number of carbonyl (C=O) groups is 1. The topological polar surface area (TPSA) is 59.0 Å². The summed E-state index contributed by atoms with van der Waals surface area (Å²) in [5.41, 5.74) is 1.86. The van der Waals surface area contributed by atoms with E-state index >= 15 is 0 Å². The number of nitrogens with zero attached hydrogens (tertiary/aromatic N) is 1. The summed E-state index contributed by atoms with van der Waals surface area (Å²) in [5.74, 6) is 0.828. The van der Waals surface area contributed by atoms with Crippen LogP contribution in [0.5, 0.6) is 5.75 Å². The number of amides is 1. The molecule has 1 heterocycles. The molecule has 2 aromatic rings. The number of aryl methyl sites for hydroxylation is 2. The fourth-order valence-electron chi connectivity index (χ4n) is 3.55. The maximum atomic E-state index is 12.5. The zero-order chi connectivity index (χ0) is 20.9. The third kappa shape index (κ3) is 6.23. The van der Waals surface area contributed by atoms with Crippen LogP contribution in [-0.4, -0.2) is 47.0 Å². The Hall–Kier alpha value is -2.53. The number of β-amino-alcohol motifs (C(OH)–C–C–N with tert-alkyl or cyclic N) is 1. The number of aliphatic hydroxyl groups is 1. The number of aliphatic hydroxyl groups excluding tert-OH is 1. The lowest BCUT2D eigenvalue weighted by molar-refractivity contribution is 0.0173. The molecule has 1 amide bonds. The van der Waals surface area contributed by atoms with E-state index in [2.05, 4.69) is 18.2 Å². The minimum Gasteiger partial charge on any atom is -0.491 e. The Morgan fingerprint density at radius 2 is 1.76 bits per heavy atom. The predicted molar refractivity (Wildman–Crippen MR) is 113 cm³/mol. The van der Waals surface area contributed by atoms with Crippen molar-refractivity contribution in [1.29, 1.82) is 0 Å². The average Bonchev–Trinajstić information content (AvgIpc) is 3.06. The van der Waals surface area contributed by atoms with Crippen LogP contribution in [0, 0.1) is 0 Å². The Balaban J connectivity index is 1.62. The number of carbonyl (C=O) groups excluding carboxylic acids is 1. The van der Waals surface area contributed by atoms with Crippen molar-refractivity contribution in [2.75, 3.05) is 13.2 Å². The van der Waals surface area contributed by atoms with Gasteiger partial charge in [0.15, 0.2) is 0 Å². The van der Waals surface area contributed by atoms with Gasteiger partial charge in [-0.1, -0.05) is 48.5 Å². The number of hydrogen-bond acceptors (Lipinski definition) is 4. The fraction of sp³-hybridized carbons (Fsp3) is 0.458. The van der Waals surface area contributed by atoms with Crippen LogP contribution in [0.1, 0.15) is 38.3 Å². The first-order valence-corrected chi connectivity index (χ1v) is 10.2. The largest absolute Gasteiger partial charge is 0.491 e. The molecule has 1 fully saturated rings. The van der Waals surface area contributed by atoms with Crippen molar-refractivity contribution in [2.24, 2.45) is 0 Å². The quantitative estimate of drug-likeness (QED) is 0.793. The molecule has 1 saturated heterocycles. The van der Waals surface area contributed by atoms with Crippen LogP contribution in [0.2, 0.25) is 0 Å². The second kappa shape index (κ2) is 9.31. The summed E-state index contributed by atoms with van der Waals surface area (Å²) in [7, 11) is 0. The first-order valence-electron chi connectivity index (χ1n) is 10.2. The standard InChI is InChI=1S/C24H31NO4/c1-24(2,3)29-23(27)25-16-21(26)15-20(25)17-28-22-12-8-7-11-19(22)14-13-18-9-5-4-6-10-18/h4-12,20-21,26H,13-17H2,1-3H3. The van der Waals surface area contributed by atoms with Gasteiger partial charge in [0.25, 0.3) is 0 Å². The summed E-state index contributed by atoms with van der Waals surface area (Å²) < 4.78 is 11.6. The van der Waals surface area contributed by atoms with Gasteiger partial charge < -0.3 is 14.6 Å². The summed E-state index contributed by atoms with van der Waals surface area (Å²) in [6.07, 6.45) is 1.35. The number of likely N-dealkylation sites (tertiary alicyclic amines) is 1. The molecule has 0 radical (unpaired) electrons. The number of hydrogen-bond donors (Lipinski definition) is 1. The minimum atomic E-state index is -0.569. The molecular weight excluding hydrogens is 366 g/mol. The molecule has 0 spiro atoms. The van der Waals surface area contributed by atoms with Crippen molar-refractivity contribution in [2.45, 2.75) is 57.8 Å². The molecule has 2 atom stereocenters. The monoisotopic (exact) mass is 397 g/mol. The molecule has 5 heteroatoms. The second-order valence-corrected chi connectivity index (χ2v) is 8.58. The van der Waals surface area contributed by atoms with Crippen LogP contribution >= 0.6 is 0 Å². The SMILES string of the molecule is CC(C)(C)OC(=O)N1CC(O)CC1COc1ccccc1CCc1ccccc1. The normalized spacial score (nSPS) is 19.2. The molecular formula is C24H31NO4. The first kappa shape index (κ1) is 21.2. The van der Waals surface area contributed by atoms with Crippen LogP contribution in [0.4, 0.5) is 4.79 Å². The number of benzene rings is 2. The fourth-order valence-corrected chi connectivity index (χ4v) is 3.55. The summed E-state index contributed by atoms with van der Waals surface area (Å²) in [4.78, 5) is 14.1. The van der Waals surface area contributed by atoms with Gasteiger partial charge in [-0.05, 0) is 57.2 Å². The van der Waals surface area contributed by atoms with Crippen LogP contribution in [0.3, 0.4) is 0 Å². The highest BCUT2D eigenvalue weighted by Gasteiger charge is 2.37. The van der Waals surface area contributed by atoms with Crippen molar-refractivity contribution in [3.05, 3.63) is 65.7 Å². The average molecular weight is 398 g/mol. The molecule has 1 aliphatic rings. The van der Waals surface area contributed by atoms with Gasteiger partial charge in [-0.25, -0.2) is 4.79 Å². The van der Waals surface area contributed by atoms with Gasteiger partial charge in [0.2, 0.25) is 0 Å². The summed E-state index contributed by atoms with van der Waals surface area (Å²) >= 11 is 0. The van der Waals surface area contributed by atoms with E-state index in [-0.39, 0.29) is 12.6 Å². The lowest BCUT2D eigenvalue weighted by Gasteiger charge is -2.28. The van der Waals surface area contributed by atoms with Crippen LogP contribution < -0.4 is 4.74 Å². The van der Waals surface area contributed by atoms with E-state index in [0.29, 0.717) is 13.0 Å². The lowest BCUT2D eigenvalue weighted by Crippen LogP contribution is -2.42. The Kier molecular flexibility index (Phi) is 6.80. The van der Waals surface area contributed by atoms with Crippen molar-refractivity contribution in [1.82, 2.24) is 4.90 Å². The van der Waals surface area contributed by atoms with E-state index in [1.165, 1.54) is 5.56 Å². The van der Waals surface area contributed by atoms with Crippen LogP contribution in [0.15, 0.2) is 54.6 Å². The summed E-state index contributed by atoms with van der Waals surface area (Å²) in [6.45, 7) is 6.13. The minimum absolute atomic E-state index is 0.206. The van der Waals surface area contributed by atoms with E-state index in [1.54, 1.807) is 4.90 Å². The molecule has 1 aliphatic heterocycles. The van der Waals surface area contributed by atoms with E-state index in [4.69, 9.17) is 9.47 Å². The predicted octanol–water partition coefficient (Wildman–Crippen LogP) is 4.22. The molecule has 2 unspecified atom stereocenters. The second-order valence-electron chi connectivity index (χ2n) is 8.58. The highest BCUT2D eigenvalue weighted by molar-refractivity contribution is 5.69. The highest BCUT2D eigenvalue weighted by Crippen LogP contribution is 2.25. The van der Waals surface area contributed by atoms with E-state index in [1.807, 2.05) is 57.2 Å². The van der Waals surface area contributed by atoms with Crippen molar-refractivity contribution >= 4 is 6.09 Å². The van der Waals surface area contributed by atoms with E-state index in [0.717, 1.165) is 24.2 Å². The zero-order valence-corrected chi connectivity index (χ0v) is 17.5. The van der Waals surface area contributed by atoms with Crippen molar-refractivity contribution in [3.8, 4) is 5.75 Å². The van der Waals surface area contributed by atoms with Gasteiger partial charge in [0.1, 0.15) is 18.0 Å². The number of ether oxygens (including phenoxy) is 2. The molecule has 0 aliphatic carbocycles. The van der Waals surface area contributed by atoms with Crippen LogP contribution in [0.25, 0.3) is 0 Å². The van der Waals surface area contributed by atoms with Gasteiger partial charge in [-0.2, -0.15) is 0 Å². The zero-order valence-electron chi connectivity index (χ0n) is 17.5. The third-order valence-electron chi connectivity index (χ3n) is 4.95. The molecule has 0 bridgehead atoms. The molecule has 0 saturated carbocycles. The smallest absolute Gasteiger partial charge is 0.410 e. The molecule has 0 aromatic heterocycles. The Morgan fingerprint density at radius 3 is 2.48 bits per heavy atom. The van der Waals surface area contributed by atoms with E-state index < -0.39 is 17.8 Å². The van der Waals surface area contributed by atoms with Crippen molar-refractivity contribution in [3.63, 3.8) is 0 Å². The Bertz CT molecular complexity index is 800. The molecule has 2 aromatic carbocycles. The lowest BCUT2D eigenvalue weighted by atomic mass is 10.0. The van der Waals surface area contributed by atoms with E-state index in [9.17, 15) is 9.90 Å². The van der Waals surface area contributed by atoms with Gasteiger partial charge >= 0.3 is 6.09 Å². The first-order chi connectivity index (χ1) is 13.8. The maximum absolute atomic E-state index is 12.5. The van der Waals surface area contributed by atoms with Crippen molar-refractivity contribution < 1.29 is 19.4 Å². The summed E-state index contributed by atoms with van der Waals surface area (Å²) in [6, 6.07) is 18.2. The Labute approximate surface area is 173 Å². The Morgan fingerprint density at radius 1 is 1.07 bits per heavy atom. The van der Waals surface area contributed by atoms with Gasteiger partial charge in [0.05, 0.1) is 18.7 Å². The maximum Gasteiger partial charge on any atom is 0.410 e. The third-order valence-corrected chi connectivity index (χ3v) is 4.95. The molecule has 29 heavy (non-hydrogen) atoms. The highest BCUT2D eigenvalue weighted by atomic mass is 16.6. The molecule has 3 rings (SSSR count). The molecule has 1 N–H and O–H groups in total. The van der Waals surface area contributed by atoms with Gasteiger partial charge in [-0.3, -0.25) is 4.90 Å². The van der Waals surface area contributed by atoms with Gasteiger partial charge in [0, 0.05) is 0 Å². The summed E-state index contributed by atoms with van der Waals surface area (Å²) in [5, 5.41) is 10.1.